The molecule has 0 fully saturated rings. The van der Waals surface area contributed by atoms with Crippen LogP contribution >= 0.6 is 0 Å². The largest absolute Gasteiger partial charge is 0.492 e. The summed E-state index contributed by atoms with van der Waals surface area (Å²) in [6.45, 7) is 3.52. The van der Waals surface area contributed by atoms with E-state index in [9.17, 15) is 9.90 Å². The first-order valence-electron chi connectivity index (χ1n) is 7.73. The van der Waals surface area contributed by atoms with Crippen LogP contribution in [-0.2, 0) is 9.53 Å². The molecule has 1 atom stereocenters. The number of rotatable bonds is 6. The van der Waals surface area contributed by atoms with Gasteiger partial charge < -0.3 is 14.6 Å². The molecule has 3 aromatic rings. The molecule has 0 aliphatic carbocycles. The van der Waals surface area contributed by atoms with Gasteiger partial charge in [-0.1, -0.05) is 55.1 Å². The number of hydrogen-bond acceptors (Lipinski definition) is 4. The van der Waals surface area contributed by atoms with E-state index >= 15 is 0 Å². The Bertz CT molecular complexity index is 831. The molecule has 0 aliphatic rings. The molecule has 0 amide bonds. The minimum absolute atomic E-state index is 0.178. The highest BCUT2D eigenvalue weighted by atomic mass is 16.6. The van der Waals surface area contributed by atoms with Crippen LogP contribution in [0.3, 0.4) is 0 Å². The molecule has 0 saturated heterocycles. The van der Waals surface area contributed by atoms with Gasteiger partial charge in [0.25, 0.3) is 0 Å². The number of carbonyl (C=O) groups excluding carboxylic acids is 1. The fraction of sp³-hybridized carbons (Fsp3) is 0.150. The van der Waals surface area contributed by atoms with Gasteiger partial charge in [0, 0.05) is 23.3 Å². The number of benzene rings is 3. The molecule has 0 spiro atoms. The first-order chi connectivity index (χ1) is 11.7. The Morgan fingerprint density at radius 2 is 1.67 bits per heavy atom. The maximum Gasteiger partial charge on any atom is 0.332 e. The molecular weight excluding hydrogens is 304 g/mol. The molecule has 4 heteroatoms. The second-order valence-electron chi connectivity index (χ2n) is 5.38. The summed E-state index contributed by atoms with van der Waals surface area (Å²) in [5, 5.41) is 13.9. The van der Waals surface area contributed by atoms with E-state index in [0.717, 1.165) is 33.4 Å². The Balaban J connectivity index is 1.84. The summed E-state index contributed by atoms with van der Waals surface area (Å²) >= 11 is 0. The fourth-order valence-electron chi connectivity index (χ4n) is 2.63. The van der Waals surface area contributed by atoms with Crippen molar-refractivity contribution in [1.29, 1.82) is 0 Å². The quantitative estimate of drug-likeness (QED) is 0.324. The molecule has 0 aromatic heterocycles. The van der Waals surface area contributed by atoms with Crippen molar-refractivity contribution in [3.05, 3.63) is 67.3 Å². The summed E-state index contributed by atoms with van der Waals surface area (Å²) in [4.78, 5) is 11.1. The van der Waals surface area contributed by atoms with E-state index in [2.05, 4.69) is 12.6 Å². The van der Waals surface area contributed by atoms with Crippen LogP contribution in [0.15, 0.2) is 67.3 Å². The average Bonchev–Trinajstić information content (AvgIpc) is 2.61. The van der Waals surface area contributed by atoms with Crippen molar-refractivity contribution in [3.8, 4) is 5.75 Å². The van der Waals surface area contributed by atoms with Crippen LogP contribution in [0.25, 0.3) is 21.5 Å². The smallest absolute Gasteiger partial charge is 0.332 e. The molecule has 0 aliphatic heterocycles. The molecule has 0 bridgehead atoms. The number of aliphatic hydroxyl groups excluding tert-OH is 1. The van der Waals surface area contributed by atoms with Gasteiger partial charge in [-0.2, -0.15) is 0 Å². The minimum Gasteiger partial charge on any atom is -0.492 e. The summed E-state index contributed by atoms with van der Waals surface area (Å²) < 4.78 is 10.7. The third-order valence-corrected chi connectivity index (χ3v) is 3.75. The summed E-state index contributed by atoms with van der Waals surface area (Å²) in [7, 11) is 0. The van der Waals surface area contributed by atoms with Gasteiger partial charge in [0.2, 0.25) is 6.29 Å². The molecule has 0 radical (unpaired) electrons. The molecule has 122 valence electrons. The van der Waals surface area contributed by atoms with Gasteiger partial charge in [0.05, 0.1) is 6.61 Å². The van der Waals surface area contributed by atoms with Crippen LogP contribution in [-0.4, -0.2) is 24.0 Å². The highest BCUT2D eigenvalue weighted by Crippen LogP contribution is 2.34. The standard InChI is InChI=1S/C20H18O4/c1-2-18(21)24-19(22)11-12-23-20-16-9-5-3-7-14(16)13-15-8-4-6-10-17(15)20/h2-10,13,19,22H,1,11-12H2. The summed E-state index contributed by atoms with van der Waals surface area (Å²) in [5.74, 6) is 0.115. The van der Waals surface area contributed by atoms with Crippen molar-refractivity contribution < 1.29 is 19.4 Å². The first kappa shape index (κ1) is 16.0. The normalized spacial score (nSPS) is 12.0. The van der Waals surface area contributed by atoms with E-state index in [1.807, 2.05) is 48.5 Å². The molecular formula is C20H18O4. The third kappa shape index (κ3) is 3.39. The van der Waals surface area contributed by atoms with Crippen LogP contribution in [0.4, 0.5) is 0 Å². The average molecular weight is 322 g/mol. The number of esters is 1. The van der Waals surface area contributed by atoms with E-state index < -0.39 is 12.3 Å². The molecule has 0 saturated carbocycles. The van der Waals surface area contributed by atoms with E-state index in [1.54, 1.807) is 0 Å². The molecule has 3 aromatic carbocycles. The Kier molecular flexibility index (Phi) is 4.77. The second kappa shape index (κ2) is 7.15. The highest BCUT2D eigenvalue weighted by molar-refractivity contribution is 6.05. The minimum atomic E-state index is -1.21. The van der Waals surface area contributed by atoms with E-state index in [-0.39, 0.29) is 13.0 Å². The third-order valence-electron chi connectivity index (χ3n) is 3.75. The van der Waals surface area contributed by atoms with Crippen molar-refractivity contribution in [2.45, 2.75) is 12.7 Å². The van der Waals surface area contributed by atoms with Crippen LogP contribution in [0.5, 0.6) is 5.75 Å². The molecule has 4 nitrogen and oxygen atoms in total. The maximum absolute atomic E-state index is 11.1. The predicted octanol–water partition coefficient (Wildman–Crippen LogP) is 3.81. The fourth-order valence-corrected chi connectivity index (χ4v) is 2.63. The Labute approximate surface area is 139 Å². The first-order valence-corrected chi connectivity index (χ1v) is 7.73. The number of aliphatic hydroxyl groups is 1. The lowest BCUT2D eigenvalue weighted by atomic mass is 10.0. The van der Waals surface area contributed by atoms with Gasteiger partial charge in [-0.15, -0.1) is 0 Å². The Morgan fingerprint density at radius 1 is 1.08 bits per heavy atom. The monoisotopic (exact) mass is 322 g/mol. The lowest BCUT2D eigenvalue weighted by Gasteiger charge is -2.15. The summed E-state index contributed by atoms with van der Waals surface area (Å²) in [6, 6.07) is 18.1. The van der Waals surface area contributed by atoms with Crippen LogP contribution in [0.2, 0.25) is 0 Å². The van der Waals surface area contributed by atoms with Gasteiger partial charge in [0.15, 0.2) is 0 Å². The van der Waals surface area contributed by atoms with Gasteiger partial charge in [-0.3, -0.25) is 0 Å². The summed E-state index contributed by atoms with van der Waals surface area (Å²) in [6.07, 6.45) is -0.0175. The van der Waals surface area contributed by atoms with Gasteiger partial charge >= 0.3 is 5.97 Å². The number of fused-ring (bicyclic) bond motifs is 2. The highest BCUT2D eigenvalue weighted by Gasteiger charge is 2.11. The second-order valence-corrected chi connectivity index (χ2v) is 5.38. The van der Waals surface area contributed by atoms with Gasteiger partial charge in [-0.25, -0.2) is 4.79 Å². The predicted molar refractivity (Wildman–Crippen MR) is 93.9 cm³/mol. The lowest BCUT2D eigenvalue weighted by molar-refractivity contribution is -0.163. The summed E-state index contributed by atoms with van der Waals surface area (Å²) in [5.41, 5.74) is 0. The van der Waals surface area contributed by atoms with Crippen molar-refractivity contribution in [2.24, 2.45) is 0 Å². The molecule has 1 N–H and O–H groups in total. The zero-order valence-corrected chi connectivity index (χ0v) is 13.1. The van der Waals surface area contributed by atoms with Crippen LogP contribution in [0, 0.1) is 0 Å². The SMILES string of the molecule is C=CC(=O)OC(O)CCOc1c2ccccc2cc2ccccc12. The van der Waals surface area contributed by atoms with E-state index in [4.69, 9.17) is 9.47 Å². The number of ether oxygens (including phenoxy) is 2. The van der Waals surface area contributed by atoms with Crippen molar-refractivity contribution in [2.75, 3.05) is 6.61 Å². The van der Waals surface area contributed by atoms with E-state index in [1.165, 1.54) is 0 Å². The van der Waals surface area contributed by atoms with Crippen LogP contribution < -0.4 is 4.74 Å². The van der Waals surface area contributed by atoms with Gasteiger partial charge in [-0.05, 0) is 16.8 Å². The van der Waals surface area contributed by atoms with Gasteiger partial charge in [0.1, 0.15) is 5.75 Å². The maximum atomic E-state index is 11.1. The topological polar surface area (TPSA) is 55.8 Å². The molecule has 0 heterocycles. The van der Waals surface area contributed by atoms with Crippen molar-refractivity contribution in [1.82, 2.24) is 0 Å². The molecule has 24 heavy (non-hydrogen) atoms. The van der Waals surface area contributed by atoms with Crippen molar-refractivity contribution in [3.63, 3.8) is 0 Å². The zero-order valence-electron chi connectivity index (χ0n) is 13.1. The number of hydrogen-bond donors (Lipinski definition) is 1. The van der Waals surface area contributed by atoms with Crippen molar-refractivity contribution >= 4 is 27.5 Å². The molecule has 1 unspecified atom stereocenters. The molecule has 3 rings (SSSR count). The Hall–Kier alpha value is -2.85. The Morgan fingerprint density at radius 3 is 2.25 bits per heavy atom. The van der Waals surface area contributed by atoms with E-state index in [0.29, 0.717) is 0 Å². The number of carbonyl (C=O) groups is 1. The zero-order chi connectivity index (χ0) is 16.9. The van der Waals surface area contributed by atoms with Crippen LogP contribution in [0.1, 0.15) is 6.42 Å². The lowest BCUT2D eigenvalue weighted by Crippen LogP contribution is -2.19.